The number of benzene rings is 1. The molecule has 0 aromatic heterocycles. The van der Waals surface area contributed by atoms with E-state index in [1.54, 1.807) is 4.90 Å². The van der Waals surface area contributed by atoms with Crippen LogP contribution in [0, 0.1) is 0 Å². The van der Waals surface area contributed by atoms with E-state index in [9.17, 15) is 9.59 Å². The maximum absolute atomic E-state index is 12.4. The lowest BCUT2D eigenvalue weighted by molar-refractivity contribution is 0.0892. The number of rotatable bonds is 5. The highest BCUT2D eigenvalue weighted by Gasteiger charge is 2.24. The van der Waals surface area contributed by atoms with Crippen LogP contribution in [0.1, 0.15) is 44.0 Å². The first-order valence-electron chi connectivity index (χ1n) is 8.96. The van der Waals surface area contributed by atoms with E-state index in [0.29, 0.717) is 24.7 Å². The van der Waals surface area contributed by atoms with Crippen molar-refractivity contribution in [2.45, 2.75) is 45.7 Å². The second kappa shape index (κ2) is 8.74. The molecule has 1 saturated heterocycles. The number of nitrogens with zero attached hydrogens (tertiary/aromatic N) is 2. The molecule has 1 aliphatic heterocycles. The molecule has 0 saturated carbocycles. The Balaban J connectivity index is 1.90. The summed E-state index contributed by atoms with van der Waals surface area (Å²) < 4.78 is 4.73. The fourth-order valence-corrected chi connectivity index (χ4v) is 3.25. The Kier molecular flexibility index (Phi) is 6.67. The van der Waals surface area contributed by atoms with Crippen molar-refractivity contribution in [1.82, 2.24) is 10.2 Å². The lowest BCUT2D eigenvalue weighted by Gasteiger charge is -2.31. The topological polar surface area (TPSA) is 61.9 Å². The summed E-state index contributed by atoms with van der Waals surface area (Å²) in [6, 6.07) is 8.26. The number of carbonyl (C=O) groups excluding carboxylic acids is 2. The van der Waals surface area contributed by atoms with E-state index in [4.69, 9.17) is 4.74 Å². The molecule has 1 aromatic rings. The molecule has 0 aliphatic carbocycles. The molecule has 6 nitrogen and oxygen atoms in total. The minimum absolute atomic E-state index is 0.0596. The van der Waals surface area contributed by atoms with Gasteiger partial charge in [-0.05, 0) is 57.9 Å². The smallest absolute Gasteiger partial charge is 0.409 e. The second-order valence-electron chi connectivity index (χ2n) is 6.63. The van der Waals surface area contributed by atoms with E-state index >= 15 is 0 Å². The first kappa shape index (κ1) is 19.1. The molecule has 2 amide bonds. The van der Waals surface area contributed by atoms with Crippen LogP contribution < -0.4 is 10.2 Å². The molecule has 0 bridgehead atoms. The summed E-state index contributed by atoms with van der Waals surface area (Å²) in [7, 11) is 1.39. The number of ether oxygens (including phenoxy) is 1. The van der Waals surface area contributed by atoms with Gasteiger partial charge in [-0.15, -0.1) is 0 Å². The molecule has 1 fully saturated rings. The number of anilines is 1. The molecule has 1 aliphatic rings. The van der Waals surface area contributed by atoms with E-state index in [-0.39, 0.29) is 18.0 Å². The number of piperidine rings is 1. The number of carbonyl (C=O) groups is 2. The van der Waals surface area contributed by atoms with Gasteiger partial charge in [0.2, 0.25) is 0 Å². The Hall–Kier alpha value is -2.24. The molecule has 1 N–H and O–H groups in total. The molecule has 6 heteroatoms. The zero-order valence-electron chi connectivity index (χ0n) is 15.6. The van der Waals surface area contributed by atoms with E-state index in [2.05, 4.69) is 31.0 Å². The van der Waals surface area contributed by atoms with Crippen molar-refractivity contribution >= 4 is 17.7 Å². The Morgan fingerprint density at radius 1 is 1.24 bits per heavy atom. The van der Waals surface area contributed by atoms with Gasteiger partial charge in [0.25, 0.3) is 5.91 Å². The van der Waals surface area contributed by atoms with E-state index < -0.39 is 0 Å². The van der Waals surface area contributed by atoms with Gasteiger partial charge in [0.1, 0.15) is 0 Å². The van der Waals surface area contributed by atoms with Crippen molar-refractivity contribution in [3.63, 3.8) is 0 Å². The van der Waals surface area contributed by atoms with Gasteiger partial charge < -0.3 is 19.9 Å². The number of amides is 2. The lowest BCUT2D eigenvalue weighted by atomic mass is 10.0. The Morgan fingerprint density at radius 3 is 2.32 bits per heavy atom. The number of methoxy groups -OCH3 is 1. The first-order chi connectivity index (χ1) is 12.0. The second-order valence-corrected chi connectivity index (χ2v) is 6.63. The third-order valence-corrected chi connectivity index (χ3v) is 4.69. The Labute approximate surface area is 150 Å². The first-order valence-corrected chi connectivity index (χ1v) is 8.96. The average molecular weight is 347 g/mol. The third-order valence-electron chi connectivity index (χ3n) is 4.69. The molecular weight excluding hydrogens is 318 g/mol. The van der Waals surface area contributed by atoms with Crippen molar-refractivity contribution in [2.75, 3.05) is 31.6 Å². The summed E-state index contributed by atoms with van der Waals surface area (Å²) in [5.74, 6) is -0.0596. The van der Waals surface area contributed by atoms with Crippen LogP contribution >= 0.6 is 0 Å². The van der Waals surface area contributed by atoms with Crippen LogP contribution in [0.3, 0.4) is 0 Å². The maximum Gasteiger partial charge on any atom is 0.409 e. The minimum Gasteiger partial charge on any atom is -0.453 e. The highest BCUT2D eigenvalue weighted by atomic mass is 16.5. The summed E-state index contributed by atoms with van der Waals surface area (Å²) in [6.07, 6.45) is 1.19. The number of hydrogen-bond donors (Lipinski definition) is 1. The van der Waals surface area contributed by atoms with Crippen molar-refractivity contribution in [3.05, 3.63) is 29.8 Å². The van der Waals surface area contributed by atoms with Gasteiger partial charge in [0.05, 0.1) is 7.11 Å². The van der Waals surface area contributed by atoms with Crippen LogP contribution in [-0.2, 0) is 4.74 Å². The van der Waals surface area contributed by atoms with Gasteiger partial charge in [-0.2, -0.15) is 0 Å². The van der Waals surface area contributed by atoms with E-state index in [0.717, 1.165) is 25.1 Å². The van der Waals surface area contributed by atoms with Gasteiger partial charge >= 0.3 is 6.09 Å². The van der Waals surface area contributed by atoms with Crippen LogP contribution in [0.4, 0.5) is 10.5 Å². The summed E-state index contributed by atoms with van der Waals surface area (Å²) >= 11 is 0. The zero-order chi connectivity index (χ0) is 18.4. The molecule has 0 radical (unpaired) electrons. The lowest BCUT2D eigenvalue weighted by Crippen LogP contribution is -2.46. The van der Waals surface area contributed by atoms with Crippen molar-refractivity contribution < 1.29 is 14.3 Å². The average Bonchev–Trinajstić information content (AvgIpc) is 2.62. The van der Waals surface area contributed by atoms with Crippen LogP contribution in [0.25, 0.3) is 0 Å². The molecule has 1 heterocycles. The van der Waals surface area contributed by atoms with Crippen LogP contribution in [-0.4, -0.2) is 55.7 Å². The van der Waals surface area contributed by atoms with Crippen LogP contribution in [0.2, 0.25) is 0 Å². The van der Waals surface area contributed by atoms with E-state index in [1.807, 2.05) is 24.3 Å². The predicted molar refractivity (Wildman–Crippen MR) is 99.1 cm³/mol. The van der Waals surface area contributed by atoms with Crippen LogP contribution in [0.5, 0.6) is 0 Å². The van der Waals surface area contributed by atoms with Gasteiger partial charge in [-0.25, -0.2) is 4.79 Å². The normalized spacial score (nSPS) is 15.2. The molecule has 0 atom stereocenters. The minimum atomic E-state index is -0.300. The molecule has 138 valence electrons. The van der Waals surface area contributed by atoms with Crippen molar-refractivity contribution in [2.24, 2.45) is 0 Å². The number of nitrogens with one attached hydrogen (secondary N) is 1. The summed E-state index contributed by atoms with van der Waals surface area (Å²) in [5.41, 5.74) is 1.79. The van der Waals surface area contributed by atoms with Gasteiger partial charge in [0.15, 0.2) is 0 Å². The van der Waals surface area contributed by atoms with Gasteiger partial charge in [-0.1, -0.05) is 0 Å². The summed E-state index contributed by atoms with van der Waals surface area (Å²) in [4.78, 5) is 27.9. The molecular formula is C19H29N3O3. The zero-order valence-corrected chi connectivity index (χ0v) is 15.6. The summed E-state index contributed by atoms with van der Waals surface area (Å²) in [5, 5.41) is 3.07. The Bertz CT molecular complexity index is 578. The van der Waals surface area contributed by atoms with E-state index in [1.165, 1.54) is 7.11 Å². The van der Waals surface area contributed by atoms with Crippen molar-refractivity contribution in [1.29, 1.82) is 0 Å². The monoisotopic (exact) mass is 347 g/mol. The fourth-order valence-electron chi connectivity index (χ4n) is 3.25. The van der Waals surface area contributed by atoms with Gasteiger partial charge in [-0.3, -0.25) is 4.79 Å². The fraction of sp³-hybridized carbons (Fsp3) is 0.579. The maximum atomic E-state index is 12.4. The predicted octanol–water partition coefficient (Wildman–Crippen LogP) is 2.88. The Morgan fingerprint density at radius 2 is 1.84 bits per heavy atom. The quantitative estimate of drug-likeness (QED) is 0.890. The third kappa shape index (κ3) is 4.87. The number of hydrogen-bond acceptors (Lipinski definition) is 4. The highest BCUT2D eigenvalue weighted by Crippen LogP contribution is 2.18. The molecule has 0 spiro atoms. The highest BCUT2D eigenvalue weighted by molar-refractivity contribution is 5.94. The van der Waals surface area contributed by atoms with Crippen LogP contribution in [0.15, 0.2) is 24.3 Å². The molecule has 0 unspecified atom stereocenters. The molecule has 1 aromatic carbocycles. The summed E-state index contributed by atoms with van der Waals surface area (Å²) in [6.45, 7) is 8.59. The van der Waals surface area contributed by atoms with Gasteiger partial charge in [0, 0.05) is 43.0 Å². The number of likely N-dealkylation sites (tertiary alicyclic amines) is 1. The van der Waals surface area contributed by atoms with Crippen molar-refractivity contribution in [3.8, 4) is 0 Å². The molecule has 25 heavy (non-hydrogen) atoms. The largest absolute Gasteiger partial charge is 0.453 e. The molecule has 2 rings (SSSR count). The SMILES string of the molecule is CCN(c1ccc(C(=O)NC2CCN(C(=O)OC)CC2)cc1)C(C)C. The standard InChI is InChI=1S/C19H29N3O3/c1-5-22(14(2)3)17-8-6-15(7-9-17)18(23)20-16-10-12-21(13-11-16)19(24)25-4/h6-9,14,16H,5,10-13H2,1-4H3,(H,20,23).